The standard InChI is InChI=1S/C14H20N2O2/c17-13(11-4-2-1-3-5-11)8-9-15-14(18)10-16-12-6-7-12/h1-5,12-13,16-17H,6-10H2,(H,15,18). The van der Waals surface area contributed by atoms with Crippen LogP contribution in [0.15, 0.2) is 30.3 Å². The van der Waals surface area contributed by atoms with Gasteiger partial charge < -0.3 is 15.7 Å². The summed E-state index contributed by atoms with van der Waals surface area (Å²) >= 11 is 0. The van der Waals surface area contributed by atoms with E-state index >= 15 is 0 Å². The Balaban J connectivity index is 1.60. The summed E-state index contributed by atoms with van der Waals surface area (Å²) in [6, 6.07) is 10.0. The average molecular weight is 248 g/mol. The van der Waals surface area contributed by atoms with Crippen molar-refractivity contribution in [2.75, 3.05) is 13.1 Å². The van der Waals surface area contributed by atoms with Crippen LogP contribution < -0.4 is 10.6 Å². The molecule has 98 valence electrons. The fourth-order valence-corrected chi connectivity index (χ4v) is 1.78. The molecule has 0 bridgehead atoms. The van der Waals surface area contributed by atoms with Crippen LogP contribution in [0.25, 0.3) is 0 Å². The van der Waals surface area contributed by atoms with E-state index in [1.54, 1.807) is 0 Å². The molecule has 0 spiro atoms. The first-order valence-corrected chi connectivity index (χ1v) is 6.49. The van der Waals surface area contributed by atoms with Crippen molar-refractivity contribution in [1.82, 2.24) is 10.6 Å². The number of aliphatic hydroxyl groups is 1. The average Bonchev–Trinajstić information content (AvgIpc) is 3.21. The van der Waals surface area contributed by atoms with Gasteiger partial charge in [-0.25, -0.2) is 0 Å². The molecule has 1 aromatic rings. The highest BCUT2D eigenvalue weighted by molar-refractivity contribution is 5.78. The van der Waals surface area contributed by atoms with Gasteiger partial charge in [0, 0.05) is 12.6 Å². The second-order valence-electron chi connectivity index (χ2n) is 4.72. The Morgan fingerprint density at radius 1 is 1.33 bits per heavy atom. The fraction of sp³-hybridized carbons (Fsp3) is 0.500. The van der Waals surface area contributed by atoms with Crippen LogP contribution in [0.2, 0.25) is 0 Å². The lowest BCUT2D eigenvalue weighted by Crippen LogP contribution is -2.35. The van der Waals surface area contributed by atoms with Crippen molar-refractivity contribution in [3.63, 3.8) is 0 Å². The molecule has 4 nitrogen and oxygen atoms in total. The summed E-state index contributed by atoms with van der Waals surface area (Å²) in [6.45, 7) is 0.882. The summed E-state index contributed by atoms with van der Waals surface area (Å²) in [5.74, 6) is 0.00200. The number of nitrogens with one attached hydrogen (secondary N) is 2. The fourth-order valence-electron chi connectivity index (χ4n) is 1.78. The highest BCUT2D eigenvalue weighted by atomic mass is 16.3. The maximum atomic E-state index is 11.4. The predicted molar refractivity (Wildman–Crippen MR) is 70.1 cm³/mol. The first-order chi connectivity index (χ1) is 8.75. The van der Waals surface area contributed by atoms with Gasteiger partial charge in [0.1, 0.15) is 0 Å². The van der Waals surface area contributed by atoms with Crippen molar-refractivity contribution in [2.24, 2.45) is 0 Å². The zero-order valence-corrected chi connectivity index (χ0v) is 10.4. The van der Waals surface area contributed by atoms with Crippen molar-refractivity contribution >= 4 is 5.91 Å². The zero-order valence-electron chi connectivity index (χ0n) is 10.4. The van der Waals surface area contributed by atoms with E-state index in [-0.39, 0.29) is 5.91 Å². The summed E-state index contributed by atoms with van der Waals surface area (Å²) in [5.41, 5.74) is 0.892. The van der Waals surface area contributed by atoms with Crippen molar-refractivity contribution in [1.29, 1.82) is 0 Å². The largest absolute Gasteiger partial charge is 0.388 e. The number of carbonyl (C=O) groups excluding carboxylic acids is 1. The lowest BCUT2D eigenvalue weighted by atomic mass is 10.1. The summed E-state index contributed by atoms with van der Waals surface area (Å²) in [4.78, 5) is 11.4. The maximum Gasteiger partial charge on any atom is 0.233 e. The van der Waals surface area contributed by atoms with Gasteiger partial charge in [-0.15, -0.1) is 0 Å². The van der Waals surface area contributed by atoms with Gasteiger partial charge in [0.05, 0.1) is 12.6 Å². The molecule has 1 amide bonds. The van der Waals surface area contributed by atoms with Crippen LogP contribution in [0, 0.1) is 0 Å². The van der Waals surface area contributed by atoms with Gasteiger partial charge in [-0.3, -0.25) is 4.79 Å². The van der Waals surface area contributed by atoms with Crippen molar-refractivity contribution in [3.8, 4) is 0 Å². The van der Waals surface area contributed by atoms with Crippen molar-refractivity contribution < 1.29 is 9.90 Å². The molecule has 0 aliphatic heterocycles. The molecule has 2 rings (SSSR count). The highest BCUT2D eigenvalue weighted by Gasteiger charge is 2.20. The Kier molecular flexibility index (Phi) is 4.73. The van der Waals surface area contributed by atoms with Crippen LogP contribution >= 0.6 is 0 Å². The Morgan fingerprint density at radius 3 is 2.72 bits per heavy atom. The Hall–Kier alpha value is -1.39. The van der Waals surface area contributed by atoms with E-state index in [1.165, 1.54) is 12.8 Å². The minimum Gasteiger partial charge on any atom is -0.388 e. The molecule has 1 aromatic carbocycles. The molecule has 1 saturated carbocycles. The maximum absolute atomic E-state index is 11.4. The zero-order chi connectivity index (χ0) is 12.8. The summed E-state index contributed by atoms with van der Waals surface area (Å²) in [5, 5.41) is 15.9. The molecule has 4 heteroatoms. The minimum atomic E-state index is -0.511. The van der Waals surface area contributed by atoms with Crippen LogP contribution in [0.4, 0.5) is 0 Å². The van der Waals surface area contributed by atoms with Gasteiger partial charge in [0.2, 0.25) is 5.91 Å². The second kappa shape index (κ2) is 6.52. The molecule has 1 atom stereocenters. The number of hydrogen-bond acceptors (Lipinski definition) is 3. The molecule has 18 heavy (non-hydrogen) atoms. The minimum absolute atomic E-state index is 0.00200. The molecule has 0 heterocycles. The summed E-state index contributed by atoms with van der Waals surface area (Å²) < 4.78 is 0. The molecule has 1 fully saturated rings. The van der Waals surface area contributed by atoms with Gasteiger partial charge in [0.25, 0.3) is 0 Å². The van der Waals surface area contributed by atoms with E-state index in [1.807, 2.05) is 30.3 Å². The van der Waals surface area contributed by atoms with Gasteiger partial charge in [-0.2, -0.15) is 0 Å². The SMILES string of the molecule is O=C(CNC1CC1)NCCC(O)c1ccccc1. The lowest BCUT2D eigenvalue weighted by molar-refractivity contribution is -0.120. The van der Waals surface area contributed by atoms with Crippen LogP contribution in [0.5, 0.6) is 0 Å². The highest BCUT2D eigenvalue weighted by Crippen LogP contribution is 2.18. The van der Waals surface area contributed by atoms with Crippen LogP contribution in [-0.2, 0) is 4.79 Å². The lowest BCUT2D eigenvalue weighted by Gasteiger charge is -2.11. The molecule has 0 aromatic heterocycles. The van der Waals surface area contributed by atoms with E-state index in [2.05, 4.69) is 10.6 Å². The van der Waals surface area contributed by atoms with Crippen LogP contribution in [-0.4, -0.2) is 30.1 Å². The topological polar surface area (TPSA) is 61.4 Å². The predicted octanol–water partition coefficient (Wildman–Crippen LogP) is 0.978. The number of carbonyl (C=O) groups is 1. The molecule has 1 unspecified atom stereocenters. The van der Waals surface area contributed by atoms with Crippen LogP contribution in [0.1, 0.15) is 30.9 Å². The third kappa shape index (κ3) is 4.47. The monoisotopic (exact) mass is 248 g/mol. The van der Waals surface area contributed by atoms with E-state index < -0.39 is 6.10 Å². The van der Waals surface area contributed by atoms with Crippen molar-refractivity contribution in [3.05, 3.63) is 35.9 Å². The molecular weight excluding hydrogens is 228 g/mol. The number of hydrogen-bond donors (Lipinski definition) is 3. The van der Waals surface area contributed by atoms with Gasteiger partial charge >= 0.3 is 0 Å². The van der Waals surface area contributed by atoms with Crippen LogP contribution in [0.3, 0.4) is 0 Å². The number of amides is 1. The van der Waals surface area contributed by atoms with E-state index in [9.17, 15) is 9.90 Å². The Bertz CT molecular complexity index is 377. The second-order valence-corrected chi connectivity index (χ2v) is 4.72. The third-order valence-electron chi connectivity index (χ3n) is 3.05. The van der Waals surface area contributed by atoms with E-state index in [0.29, 0.717) is 25.6 Å². The Labute approximate surface area is 107 Å². The smallest absolute Gasteiger partial charge is 0.233 e. The summed E-state index contributed by atoms with van der Waals surface area (Å²) in [6.07, 6.45) is 2.39. The molecule has 3 N–H and O–H groups in total. The quantitative estimate of drug-likeness (QED) is 0.674. The van der Waals surface area contributed by atoms with Gasteiger partial charge in [-0.05, 0) is 24.8 Å². The van der Waals surface area contributed by atoms with E-state index in [0.717, 1.165) is 5.56 Å². The Morgan fingerprint density at radius 2 is 2.06 bits per heavy atom. The van der Waals surface area contributed by atoms with Crippen molar-refractivity contribution in [2.45, 2.75) is 31.4 Å². The van der Waals surface area contributed by atoms with Gasteiger partial charge in [-0.1, -0.05) is 30.3 Å². The first kappa shape index (κ1) is 13.1. The first-order valence-electron chi connectivity index (χ1n) is 6.49. The normalized spacial score (nSPS) is 16.3. The molecule has 1 aliphatic carbocycles. The molecular formula is C14H20N2O2. The molecule has 0 radical (unpaired) electrons. The van der Waals surface area contributed by atoms with Gasteiger partial charge in [0.15, 0.2) is 0 Å². The summed E-state index contributed by atoms with van der Waals surface area (Å²) in [7, 11) is 0. The number of rotatable bonds is 7. The van der Waals surface area contributed by atoms with E-state index in [4.69, 9.17) is 0 Å². The molecule has 0 saturated heterocycles. The number of aliphatic hydroxyl groups excluding tert-OH is 1. The number of benzene rings is 1. The molecule has 1 aliphatic rings. The third-order valence-corrected chi connectivity index (χ3v) is 3.05.